The zero-order valence-corrected chi connectivity index (χ0v) is 16.6. The molecule has 0 bridgehead atoms. The summed E-state index contributed by atoms with van der Waals surface area (Å²) in [6, 6.07) is 15.0. The maximum Gasteiger partial charge on any atom is 0.119 e. The molecule has 1 unspecified atom stereocenters. The largest absolute Gasteiger partial charge is 0.492 e. The Hall–Kier alpha value is -2.20. The monoisotopic (exact) mass is 365 g/mol. The van der Waals surface area contributed by atoms with Gasteiger partial charge in [0.15, 0.2) is 0 Å². The summed E-state index contributed by atoms with van der Waals surface area (Å²) >= 11 is 0. The summed E-state index contributed by atoms with van der Waals surface area (Å²) in [6.45, 7) is 9.36. The minimum Gasteiger partial charge on any atom is -0.492 e. The highest BCUT2D eigenvalue weighted by Gasteiger charge is 2.30. The van der Waals surface area contributed by atoms with Crippen LogP contribution in [-0.4, -0.2) is 43.9 Å². The van der Waals surface area contributed by atoms with Crippen LogP contribution in [0, 0.1) is 13.8 Å². The molecule has 0 spiro atoms. The van der Waals surface area contributed by atoms with Crippen molar-refractivity contribution in [2.24, 2.45) is 0 Å². The van der Waals surface area contributed by atoms with E-state index in [0.717, 1.165) is 18.8 Å². The standard InChI is InChI=1S/C23H31N3O/c1-18-10-11-20(16-19(18)2)27-15-14-26-22-9-5-4-8-21(22)24-23(26)17-25-12-6-3-7-13-25/h4-5,8-11,16,23-24H,3,6-7,12-15,17H2,1-2H3. The Morgan fingerprint density at radius 1 is 1.00 bits per heavy atom. The highest BCUT2D eigenvalue weighted by Crippen LogP contribution is 2.34. The van der Waals surface area contributed by atoms with Crippen LogP contribution in [0.1, 0.15) is 30.4 Å². The van der Waals surface area contributed by atoms with E-state index < -0.39 is 0 Å². The zero-order chi connectivity index (χ0) is 18.6. The number of hydrogen-bond acceptors (Lipinski definition) is 4. The Bertz CT molecular complexity index is 770. The summed E-state index contributed by atoms with van der Waals surface area (Å²) < 4.78 is 6.07. The van der Waals surface area contributed by atoms with Crippen molar-refractivity contribution in [1.29, 1.82) is 0 Å². The third-order valence-corrected chi connectivity index (χ3v) is 5.87. The smallest absolute Gasteiger partial charge is 0.119 e. The second kappa shape index (κ2) is 8.22. The van der Waals surface area contributed by atoms with Gasteiger partial charge in [0.25, 0.3) is 0 Å². The minimum absolute atomic E-state index is 0.323. The van der Waals surface area contributed by atoms with E-state index in [-0.39, 0.29) is 0 Å². The van der Waals surface area contributed by atoms with Crippen LogP contribution in [0.15, 0.2) is 42.5 Å². The van der Waals surface area contributed by atoms with Crippen LogP contribution in [-0.2, 0) is 0 Å². The molecule has 4 rings (SSSR count). The molecular weight excluding hydrogens is 334 g/mol. The van der Waals surface area contributed by atoms with Crippen molar-refractivity contribution in [3.63, 3.8) is 0 Å². The van der Waals surface area contributed by atoms with Gasteiger partial charge in [0.1, 0.15) is 18.5 Å². The summed E-state index contributed by atoms with van der Waals surface area (Å²) in [5.74, 6) is 0.964. The van der Waals surface area contributed by atoms with Gasteiger partial charge in [-0.05, 0) is 75.2 Å². The molecule has 1 saturated heterocycles. The van der Waals surface area contributed by atoms with Gasteiger partial charge in [-0.3, -0.25) is 4.90 Å². The maximum absolute atomic E-state index is 6.07. The van der Waals surface area contributed by atoms with Gasteiger partial charge in [-0.25, -0.2) is 0 Å². The van der Waals surface area contributed by atoms with Crippen molar-refractivity contribution in [3.05, 3.63) is 53.6 Å². The molecule has 2 aromatic carbocycles. The fourth-order valence-electron chi connectivity index (χ4n) is 4.14. The van der Waals surface area contributed by atoms with Crippen molar-refractivity contribution in [3.8, 4) is 5.75 Å². The van der Waals surface area contributed by atoms with Gasteiger partial charge < -0.3 is 15.0 Å². The number of nitrogens with zero attached hydrogens (tertiary/aromatic N) is 2. The summed E-state index contributed by atoms with van der Waals surface area (Å²) in [5, 5.41) is 3.73. The number of likely N-dealkylation sites (tertiary alicyclic amines) is 1. The van der Waals surface area contributed by atoms with Crippen molar-refractivity contribution in [1.82, 2.24) is 4.90 Å². The molecule has 1 N–H and O–H groups in total. The topological polar surface area (TPSA) is 27.7 Å². The second-order valence-electron chi connectivity index (χ2n) is 7.83. The average Bonchev–Trinajstić information content (AvgIpc) is 3.03. The molecule has 2 heterocycles. The summed E-state index contributed by atoms with van der Waals surface area (Å²) in [6.07, 6.45) is 4.36. The lowest BCUT2D eigenvalue weighted by atomic mass is 10.1. The summed E-state index contributed by atoms with van der Waals surface area (Å²) in [4.78, 5) is 5.08. The highest BCUT2D eigenvalue weighted by atomic mass is 16.5. The van der Waals surface area contributed by atoms with Crippen LogP contribution in [0.3, 0.4) is 0 Å². The molecule has 1 fully saturated rings. The second-order valence-corrected chi connectivity index (χ2v) is 7.83. The molecule has 144 valence electrons. The van der Waals surface area contributed by atoms with Crippen molar-refractivity contribution in [2.75, 3.05) is 43.0 Å². The number of para-hydroxylation sites is 2. The third-order valence-electron chi connectivity index (χ3n) is 5.87. The number of benzene rings is 2. The number of nitrogens with one attached hydrogen (secondary N) is 1. The summed E-state index contributed by atoms with van der Waals surface area (Å²) in [7, 11) is 0. The number of aryl methyl sites for hydroxylation is 2. The Kier molecular flexibility index (Phi) is 5.53. The fourth-order valence-corrected chi connectivity index (χ4v) is 4.14. The quantitative estimate of drug-likeness (QED) is 0.820. The molecule has 2 aromatic rings. The van der Waals surface area contributed by atoms with Crippen LogP contribution >= 0.6 is 0 Å². The van der Waals surface area contributed by atoms with E-state index >= 15 is 0 Å². The first-order chi connectivity index (χ1) is 13.2. The predicted octanol–water partition coefficient (Wildman–Crippen LogP) is 4.43. The molecule has 1 atom stereocenters. The van der Waals surface area contributed by atoms with Gasteiger partial charge in [-0.15, -0.1) is 0 Å². The molecule has 4 heteroatoms. The Morgan fingerprint density at radius 3 is 2.63 bits per heavy atom. The Balaban J connectivity index is 1.41. The fraction of sp³-hybridized carbons (Fsp3) is 0.478. The number of ether oxygens (including phenoxy) is 1. The first kappa shape index (κ1) is 18.2. The molecule has 2 aliphatic rings. The van der Waals surface area contributed by atoms with Gasteiger partial charge in [0, 0.05) is 6.54 Å². The number of anilines is 2. The van der Waals surface area contributed by atoms with E-state index in [9.17, 15) is 0 Å². The van der Waals surface area contributed by atoms with E-state index in [1.807, 2.05) is 0 Å². The minimum atomic E-state index is 0.323. The van der Waals surface area contributed by atoms with E-state index in [2.05, 4.69) is 71.4 Å². The van der Waals surface area contributed by atoms with Crippen LogP contribution in [0.25, 0.3) is 0 Å². The molecule has 0 aliphatic carbocycles. The first-order valence-corrected chi connectivity index (χ1v) is 10.3. The van der Waals surface area contributed by atoms with Crippen molar-refractivity contribution < 1.29 is 4.74 Å². The summed E-state index contributed by atoms with van der Waals surface area (Å²) in [5.41, 5.74) is 5.12. The van der Waals surface area contributed by atoms with Crippen LogP contribution in [0.5, 0.6) is 5.75 Å². The molecule has 0 saturated carbocycles. The molecular formula is C23H31N3O. The number of hydrogen-bond donors (Lipinski definition) is 1. The third kappa shape index (κ3) is 4.22. The average molecular weight is 366 g/mol. The van der Waals surface area contributed by atoms with E-state index in [1.165, 1.54) is 54.9 Å². The molecule has 2 aliphatic heterocycles. The Labute approximate surface area is 163 Å². The van der Waals surface area contributed by atoms with Gasteiger partial charge in [-0.2, -0.15) is 0 Å². The van der Waals surface area contributed by atoms with E-state index in [1.54, 1.807) is 0 Å². The number of piperidine rings is 1. The lowest BCUT2D eigenvalue weighted by Crippen LogP contribution is -2.47. The van der Waals surface area contributed by atoms with Crippen LogP contribution < -0.4 is 15.0 Å². The van der Waals surface area contributed by atoms with Gasteiger partial charge in [0.2, 0.25) is 0 Å². The van der Waals surface area contributed by atoms with Gasteiger partial charge in [-0.1, -0.05) is 24.6 Å². The maximum atomic E-state index is 6.07. The van der Waals surface area contributed by atoms with Crippen LogP contribution in [0.2, 0.25) is 0 Å². The van der Waals surface area contributed by atoms with Gasteiger partial charge >= 0.3 is 0 Å². The predicted molar refractivity (Wildman–Crippen MR) is 113 cm³/mol. The van der Waals surface area contributed by atoms with E-state index in [4.69, 9.17) is 4.74 Å². The normalized spacial score (nSPS) is 19.6. The van der Waals surface area contributed by atoms with Gasteiger partial charge in [0.05, 0.1) is 17.9 Å². The Morgan fingerprint density at radius 2 is 1.81 bits per heavy atom. The lowest BCUT2D eigenvalue weighted by Gasteiger charge is -2.33. The molecule has 4 nitrogen and oxygen atoms in total. The lowest BCUT2D eigenvalue weighted by molar-refractivity contribution is 0.217. The SMILES string of the molecule is Cc1ccc(OCCN2c3ccccc3NC2CN2CCCCC2)cc1C. The molecule has 0 radical (unpaired) electrons. The van der Waals surface area contributed by atoms with Crippen molar-refractivity contribution in [2.45, 2.75) is 39.3 Å². The highest BCUT2D eigenvalue weighted by molar-refractivity contribution is 5.76. The first-order valence-electron chi connectivity index (χ1n) is 10.3. The van der Waals surface area contributed by atoms with E-state index in [0.29, 0.717) is 12.8 Å². The number of rotatable bonds is 6. The molecule has 0 amide bonds. The molecule has 0 aromatic heterocycles. The molecule has 27 heavy (non-hydrogen) atoms. The zero-order valence-electron chi connectivity index (χ0n) is 16.6. The number of fused-ring (bicyclic) bond motifs is 1. The van der Waals surface area contributed by atoms with Crippen molar-refractivity contribution >= 4 is 11.4 Å². The van der Waals surface area contributed by atoms with Crippen LogP contribution in [0.4, 0.5) is 11.4 Å².